The summed E-state index contributed by atoms with van der Waals surface area (Å²) in [6, 6.07) is 7.38. The molecule has 15 unspecified atom stereocenters. The number of hydrogen-bond donors (Lipinski definition) is 11. The lowest BCUT2D eigenvalue weighted by Gasteiger charge is -2.45. The topological polar surface area (TPSA) is 308 Å². The number of hydrogen-bond acceptors (Lipinski definition) is 19. The van der Waals surface area contributed by atoms with Crippen LogP contribution in [0, 0.1) is 0 Å². The number of ether oxygens (including phenoxy) is 6. The molecular formula is C33H40O19. The summed E-state index contributed by atoms with van der Waals surface area (Å²) >= 11 is 0. The van der Waals surface area contributed by atoms with Gasteiger partial charge >= 0.3 is 0 Å². The molecule has 11 N–H and O–H groups in total. The third kappa shape index (κ3) is 7.03. The van der Waals surface area contributed by atoms with Crippen molar-refractivity contribution < 1.29 is 89.0 Å². The molecule has 3 aliphatic rings. The molecule has 0 saturated carbocycles. The first kappa shape index (κ1) is 38.1. The second-order valence-corrected chi connectivity index (χ2v) is 12.9. The Morgan fingerprint density at radius 3 is 1.85 bits per heavy atom. The Labute approximate surface area is 293 Å². The maximum Gasteiger partial charge on any atom is 0.239 e. The van der Waals surface area contributed by atoms with E-state index in [1.54, 1.807) is 0 Å². The Balaban J connectivity index is 1.33. The summed E-state index contributed by atoms with van der Waals surface area (Å²) in [5.41, 5.74) is -1.16. The first-order valence-electron chi connectivity index (χ1n) is 16.2. The number of aliphatic hydroxyl groups is 9. The highest BCUT2D eigenvalue weighted by molar-refractivity contribution is 5.88. The highest BCUT2D eigenvalue weighted by Gasteiger charge is 2.51. The van der Waals surface area contributed by atoms with E-state index in [2.05, 4.69) is 0 Å². The van der Waals surface area contributed by atoms with Crippen molar-refractivity contribution >= 4 is 11.0 Å². The summed E-state index contributed by atoms with van der Waals surface area (Å²) in [4.78, 5) is 14.0. The number of benzene rings is 2. The van der Waals surface area contributed by atoms with E-state index < -0.39 is 121 Å². The van der Waals surface area contributed by atoms with Crippen LogP contribution in [0.25, 0.3) is 22.3 Å². The third-order valence-corrected chi connectivity index (χ3v) is 9.25. The zero-order chi connectivity index (χ0) is 37.8. The van der Waals surface area contributed by atoms with Gasteiger partial charge in [-0.05, 0) is 38.1 Å². The maximum atomic E-state index is 14.0. The summed E-state index contributed by atoms with van der Waals surface area (Å²) in [6.45, 7) is 1.98. The van der Waals surface area contributed by atoms with E-state index in [0.29, 0.717) is 0 Å². The minimum atomic E-state index is -2.01. The summed E-state index contributed by atoms with van der Waals surface area (Å²) in [7, 11) is 0. The summed E-state index contributed by atoms with van der Waals surface area (Å²) in [6.07, 6.45) is -23.7. The van der Waals surface area contributed by atoms with Gasteiger partial charge in [0.1, 0.15) is 89.3 Å². The van der Waals surface area contributed by atoms with Crippen LogP contribution in [0.15, 0.2) is 45.6 Å². The molecule has 3 saturated heterocycles. The van der Waals surface area contributed by atoms with Gasteiger partial charge in [-0.1, -0.05) is 0 Å². The van der Waals surface area contributed by atoms with Crippen LogP contribution in [-0.2, 0) is 18.9 Å². The molecule has 0 aliphatic carbocycles. The number of rotatable bonds is 8. The van der Waals surface area contributed by atoms with Crippen molar-refractivity contribution in [2.45, 2.75) is 106 Å². The van der Waals surface area contributed by atoms with Gasteiger partial charge in [0.2, 0.25) is 23.8 Å². The highest BCUT2D eigenvalue weighted by Crippen LogP contribution is 2.39. The lowest BCUT2D eigenvalue weighted by molar-refractivity contribution is -0.349. The lowest BCUT2D eigenvalue weighted by atomic mass is 9.97. The Bertz CT molecular complexity index is 1760. The van der Waals surface area contributed by atoms with Gasteiger partial charge in [-0.2, -0.15) is 0 Å². The molecule has 19 nitrogen and oxygen atoms in total. The second-order valence-electron chi connectivity index (χ2n) is 12.9. The molecule has 0 amide bonds. The van der Waals surface area contributed by atoms with Crippen LogP contribution in [0.2, 0.25) is 0 Å². The molecule has 286 valence electrons. The Kier molecular flexibility index (Phi) is 11.0. The van der Waals surface area contributed by atoms with Crippen molar-refractivity contribution in [3.8, 4) is 34.3 Å². The second kappa shape index (κ2) is 15.0. The van der Waals surface area contributed by atoms with E-state index in [1.165, 1.54) is 44.2 Å². The predicted molar refractivity (Wildman–Crippen MR) is 170 cm³/mol. The van der Waals surface area contributed by atoms with Crippen molar-refractivity contribution in [2.24, 2.45) is 0 Å². The van der Waals surface area contributed by atoms with Crippen molar-refractivity contribution in [1.82, 2.24) is 0 Å². The van der Waals surface area contributed by atoms with E-state index in [4.69, 9.17) is 32.8 Å². The number of aliphatic hydroxyl groups excluding tert-OH is 9. The molecule has 6 rings (SSSR count). The van der Waals surface area contributed by atoms with E-state index in [1.807, 2.05) is 0 Å². The Hall–Kier alpha value is -3.67. The standard InChI is InChI=1S/C33H40O19/c1-10-19(37)22(40)25(43)31(46-10)48-14-7-15(36)18-16(8-14)49-28(12-3-5-13(35)6-4-12)30(21(18)39)52-33-27(45)24(42)29(17(9-34)50-33)51-32-26(44)23(41)20(38)11(2)47-32/h3-8,10-11,17,19-20,22-27,29,31-38,40-45H,9H2,1-2H3. The van der Waals surface area contributed by atoms with Gasteiger partial charge in [-0.25, -0.2) is 0 Å². The van der Waals surface area contributed by atoms with Crippen molar-refractivity contribution in [3.05, 3.63) is 46.6 Å². The molecule has 1 aromatic heterocycles. The fourth-order valence-electron chi connectivity index (χ4n) is 6.20. The monoisotopic (exact) mass is 740 g/mol. The summed E-state index contributed by atoms with van der Waals surface area (Å²) in [5.74, 6) is -2.01. The van der Waals surface area contributed by atoms with Crippen LogP contribution < -0.4 is 14.9 Å². The quantitative estimate of drug-likeness (QED) is 0.110. The average Bonchev–Trinajstić information content (AvgIpc) is 3.11. The van der Waals surface area contributed by atoms with E-state index in [9.17, 15) is 61.0 Å². The van der Waals surface area contributed by atoms with Crippen LogP contribution in [0.3, 0.4) is 0 Å². The highest BCUT2D eigenvalue weighted by atomic mass is 16.7. The van der Waals surface area contributed by atoms with Crippen LogP contribution in [0.5, 0.6) is 23.0 Å². The molecule has 0 bridgehead atoms. The van der Waals surface area contributed by atoms with Crippen LogP contribution in [-0.4, -0.2) is 155 Å². The molecule has 2 aromatic carbocycles. The largest absolute Gasteiger partial charge is 0.508 e. The van der Waals surface area contributed by atoms with Crippen molar-refractivity contribution in [1.29, 1.82) is 0 Å². The Morgan fingerprint density at radius 1 is 0.673 bits per heavy atom. The molecule has 0 spiro atoms. The van der Waals surface area contributed by atoms with E-state index in [-0.39, 0.29) is 28.4 Å². The smallest absolute Gasteiger partial charge is 0.239 e. The minimum Gasteiger partial charge on any atom is -0.508 e. The van der Waals surface area contributed by atoms with Gasteiger partial charge in [-0.3, -0.25) is 4.79 Å². The van der Waals surface area contributed by atoms with Gasteiger partial charge in [0, 0.05) is 17.7 Å². The zero-order valence-electron chi connectivity index (χ0n) is 27.5. The van der Waals surface area contributed by atoms with Gasteiger partial charge in [-0.15, -0.1) is 0 Å². The van der Waals surface area contributed by atoms with Crippen molar-refractivity contribution in [2.75, 3.05) is 6.61 Å². The van der Waals surface area contributed by atoms with Gasteiger partial charge in [0.15, 0.2) is 12.1 Å². The fraction of sp³-hybridized carbons (Fsp3) is 0.545. The number of aromatic hydroxyl groups is 2. The summed E-state index contributed by atoms with van der Waals surface area (Å²) < 4.78 is 39.6. The first-order valence-corrected chi connectivity index (χ1v) is 16.2. The fourth-order valence-corrected chi connectivity index (χ4v) is 6.20. The number of phenolic OH excluding ortho intramolecular Hbond substituents is 2. The molecule has 3 aromatic rings. The molecule has 4 heterocycles. The van der Waals surface area contributed by atoms with Crippen LogP contribution in [0.1, 0.15) is 13.8 Å². The van der Waals surface area contributed by atoms with Gasteiger partial charge in [0.25, 0.3) is 0 Å². The molecule has 3 aliphatic heterocycles. The molecule has 3 fully saturated rings. The minimum absolute atomic E-state index is 0.138. The lowest BCUT2D eigenvalue weighted by Crippen LogP contribution is -2.64. The van der Waals surface area contributed by atoms with E-state index >= 15 is 0 Å². The Morgan fingerprint density at radius 2 is 1.23 bits per heavy atom. The van der Waals surface area contributed by atoms with Crippen LogP contribution >= 0.6 is 0 Å². The third-order valence-electron chi connectivity index (χ3n) is 9.25. The molecule has 19 heteroatoms. The summed E-state index contributed by atoms with van der Waals surface area (Å²) in [5, 5.41) is 114. The molecule has 52 heavy (non-hydrogen) atoms. The molecule has 0 radical (unpaired) electrons. The SMILES string of the molecule is CC1OC(Oc2cc(O)c3c(=O)c(OC4OC(CO)C(OC5OC(C)C(O)C(O)C5O)C(O)C4O)c(-c4ccc(O)cc4)oc3c2)C(O)C(O)C1O. The van der Waals surface area contributed by atoms with Crippen LogP contribution in [0.4, 0.5) is 0 Å². The molecular weight excluding hydrogens is 700 g/mol. The number of fused-ring (bicyclic) bond motifs is 1. The van der Waals surface area contributed by atoms with Crippen molar-refractivity contribution in [3.63, 3.8) is 0 Å². The average molecular weight is 741 g/mol. The van der Waals surface area contributed by atoms with E-state index in [0.717, 1.165) is 6.07 Å². The normalized spacial score (nSPS) is 38.2. The number of phenols is 2. The zero-order valence-corrected chi connectivity index (χ0v) is 27.5. The maximum absolute atomic E-state index is 14.0. The van der Waals surface area contributed by atoms with Gasteiger partial charge in [0.05, 0.1) is 18.8 Å². The van der Waals surface area contributed by atoms with Gasteiger partial charge < -0.3 is 89.0 Å². The molecule has 15 atom stereocenters. The predicted octanol–water partition coefficient (Wildman–Crippen LogP) is -2.89. The first-order chi connectivity index (χ1) is 24.6.